The van der Waals surface area contributed by atoms with E-state index in [4.69, 9.17) is 4.74 Å². The average molecular weight is 301 g/mol. The molecule has 0 aliphatic carbocycles. The molecular weight excluding hydrogens is 282 g/mol. The minimum atomic E-state index is -0.496. The molecule has 110 valence electrons. The molecule has 0 spiro atoms. The second-order valence-electron chi connectivity index (χ2n) is 5.35. The molecule has 2 aromatic rings. The molecule has 0 atom stereocenters. The van der Waals surface area contributed by atoms with Crippen molar-refractivity contribution in [2.45, 2.75) is 24.9 Å². The van der Waals surface area contributed by atoms with Gasteiger partial charge >= 0.3 is 5.97 Å². The van der Waals surface area contributed by atoms with Gasteiger partial charge in [0.1, 0.15) is 6.61 Å². The van der Waals surface area contributed by atoms with Crippen LogP contribution in [0.4, 0.5) is 0 Å². The van der Waals surface area contributed by atoms with Gasteiger partial charge in [-0.1, -0.05) is 36.4 Å². The number of hydrogen-bond acceptors (Lipinski definition) is 4. The lowest BCUT2D eigenvalue weighted by molar-refractivity contribution is -0.153. The van der Waals surface area contributed by atoms with Crippen molar-refractivity contribution >= 4 is 17.3 Å². The number of rotatable bonds is 4. The Bertz CT molecular complexity index is 574. The lowest BCUT2D eigenvalue weighted by Crippen LogP contribution is -2.46. The van der Waals surface area contributed by atoms with Crippen molar-refractivity contribution in [3.05, 3.63) is 58.3 Å². The summed E-state index contributed by atoms with van der Waals surface area (Å²) in [6.45, 7) is 2.07. The zero-order chi connectivity index (χ0) is 14.5. The highest BCUT2D eigenvalue weighted by Crippen LogP contribution is 2.35. The van der Waals surface area contributed by atoms with Crippen LogP contribution in [-0.4, -0.2) is 19.1 Å². The van der Waals surface area contributed by atoms with Gasteiger partial charge in [-0.15, -0.1) is 11.3 Å². The van der Waals surface area contributed by atoms with Gasteiger partial charge in [0.2, 0.25) is 0 Å². The van der Waals surface area contributed by atoms with Crippen LogP contribution in [0.3, 0.4) is 0 Å². The maximum absolute atomic E-state index is 12.8. The first kappa shape index (κ1) is 14.3. The average Bonchev–Trinajstić information content (AvgIpc) is 3.07. The predicted octanol–water partition coefficient (Wildman–Crippen LogP) is 3.11. The SMILES string of the molecule is O=C(OCc1cccs1)C1(c2ccccc2)CCNCC1. The minimum Gasteiger partial charge on any atom is -0.459 e. The van der Waals surface area contributed by atoms with Crippen LogP contribution in [0.25, 0.3) is 0 Å². The molecule has 1 fully saturated rings. The molecule has 2 heterocycles. The fourth-order valence-electron chi connectivity index (χ4n) is 2.89. The molecule has 0 amide bonds. The van der Waals surface area contributed by atoms with Gasteiger partial charge in [-0.3, -0.25) is 4.79 Å². The monoisotopic (exact) mass is 301 g/mol. The Balaban J connectivity index is 1.80. The number of piperidine rings is 1. The molecule has 1 aromatic heterocycles. The minimum absolute atomic E-state index is 0.0939. The van der Waals surface area contributed by atoms with Gasteiger partial charge in [-0.05, 0) is 42.9 Å². The first-order chi connectivity index (χ1) is 10.3. The summed E-state index contributed by atoms with van der Waals surface area (Å²) in [6.07, 6.45) is 1.58. The smallest absolute Gasteiger partial charge is 0.317 e. The molecule has 3 nitrogen and oxygen atoms in total. The third-order valence-corrected chi connectivity index (χ3v) is 4.95. The third kappa shape index (κ3) is 3.01. The molecule has 1 aliphatic rings. The Morgan fingerprint density at radius 2 is 1.90 bits per heavy atom. The van der Waals surface area contributed by atoms with Crippen LogP contribution < -0.4 is 5.32 Å². The quantitative estimate of drug-likeness (QED) is 0.882. The highest BCUT2D eigenvalue weighted by atomic mass is 32.1. The summed E-state index contributed by atoms with van der Waals surface area (Å²) < 4.78 is 5.63. The maximum Gasteiger partial charge on any atom is 0.317 e. The van der Waals surface area contributed by atoms with Gasteiger partial charge in [0.15, 0.2) is 0 Å². The van der Waals surface area contributed by atoms with E-state index >= 15 is 0 Å². The number of thiophene rings is 1. The van der Waals surface area contributed by atoms with Crippen LogP contribution in [0.1, 0.15) is 23.3 Å². The molecule has 1 aliphatic heterocycles. The highest BCUT2D eigenvalue weighted by molar-refractivity contribution is 7.09. The van der Waals surface area contributed by atoms with Crippen molar-refractivity contribution in [3.8, 4) is 0 Å². The molecule has 0 bridgehead atoms. The molecule has 3 rings (SSSR count). The summed E-state index contributed by atoms with van der Waals surface area (Å²) in [5.74, 6) is -0.0939. The van der Waals surface area contributed by atoms with E-state index in [-0.39, 0.29) is 5.97 Å². The molecule has 0 unspecified atom stereocenters. The Labute approximate surface area is 129 Å². The number of carbonyl (C=O) groups excluding carboxylic acids is 1. The largest absolute Gasteiger partial charge is 0.459 e. The Hall–Kier alpha value is -1.65. The first-order valence-corrected chi connectivity index (χ1v) is 8.15. The van der Waals surface area contributed by atoms with E-state index in [1.165, 1.54) is 0 Å². The van der Waals surface area contributed by atoms with Crippen LogP contribution in [-0.2, 0) is 21.6 Å². The van der Waals surface area contributed by atoms with E-state index in [0.29, 0.717) is 6.61 Å². The van der Waals surface area contributed by atoms with Crippen molar-refractivity contribution < 1.29 is 9.53 Å². The van der Waals surface area contributed by atoms with Gasteiger partial charge in [0.05, 0.1) is 5.41 Å². The van der Waals surface area contributed by atoms with Crippen LogP contribution in [0, 0.1) is 0 Å². The number of hydrogen-bond donors (Lipinski definition) is 1. The van der Waals surface area contributed by atoms with Crippen LogP contribution in [0.5, 0.6) is 0 Å². The van der Waals surface area contributed by atoms with Gasteiger partial charge in [0.25, 0.3) is 0 Å². The van der Waals surface area contributed by atoms with Gasteiger partial charge in [0, 0.05) is 4.88 Å². The summed E-state index contributed by atoms with van der Waals surface area (Å²) in [5.41, 5.74) is 0.576. The topological polar surface area (TPSA) is 38.3 Å². The normalized spacial score (nSPS) is 17.3. The van der Waals surface area contributed by atoms with Gasteiger partial charge in [-0.25, -0.2) is 0 Å². The van der Waals surface area contributed by atoms with Crippen molar-refractivity contribution in [1.29, 1.82) is 0 Å². The Morgan fingerprint density at radius 1 is 1.14 bits per heavy atom. The lowest BCUT2D eigenvalue weighted by atomic mass is 9.73. The van der Waals surface area contributed by atoms with Gasteiger partial charge in [-0.2, -0.15) is 0 Å². The summed E-state index contributed by atoms with van der Waals surface area (Å²) in [4.78, 5) is 13.9. The Kier molecular flexibility index (Phi) is 4.36. The summed E-state index contributed by atoms with van der Waals surface area (Å²) in [5, 5.41) is 5.33. The molecule has 21 heavy (non-hydrogen) atoms. The van der Waals surface area contributed by atoms with Gasteiger partial charge < -0.3 is 10.1 Å². The van der Waals surface area contributed by atoms with Crippen molar-refractivity contribution in [3.63, 3.8) is 0 Å². The number of ether oxygens (including phenoxy) is 1. The number of esters is 1. The van der Waals surface area contributed by atoms with Crippen LogP contribution in [0.15, 0.2) is 47.8 Å². The van der Waals surface area contributed by atoms with Crippen molar-refractivity contribution in [2.75, 3.05) is 13.1 Å². The van der Waals surface area contributed by atoms with Crippen molar-refractivity contribution in [2.24, 2.45) is 0 Å². The molecule has 0 saturated carbocycles. The third-order valence-electron chi connectivity index (χ3n) is 4.10. The number of nitrogens with one attached hydrogen (secondary N) is 1. The van der Waals surface area contributed by atoms with E-state index in [1.54, 1.807) is 11.3 Å². The molecule has 1 aromatic carbocycles. The zero-order valence-electron chi connectivity index (χ0n) is 11.9. The summed E-state index contributed by atoms with van der Waals surface area (Å²) in [6, 6.07) is 14.0. The van der Waals surface area contributed by atoms with E-state index < -0.39 is 5.41 Å². The first-order valence-electron chi connectivity index (χ1n) is 7.27. The van der Waals surface area contributed by atoms with E-state index in [1.807, 2.05) is 47.8 Å². The summed E-state index contributed by atoms with van der Waals surface area (Å²) in [7, 11) is 0. The molecule has 1 saturated heterocycles. The Morgan fingerprint density at radius 3 is 2.57 bits per heavy atom. The zero-order valence-corrected chi connectivity index (χ0v) is 12.7. The number of carbonyl (C=O) groups is 1. The molecular formula is C17H19NO2S. The highest BCUT2D eigenvalue weighted by Gasteiger charge is 2.42. The van der Waals surface area contributed by atoms with E-state index in [2.05, 4.69) is 5.32 Å². The van der Waals surface area contributed by atoms with E-state index in [9.17, 15) is 4.79 Å². The fraction of sp³-hybridized carbons (Fsp3) is 0.353. The second kappa shape index (κ2) is 6.41. The standard InChI is InChI=1S/C17H19NO2S/c19-16(20-13-15-7-4-12-21-15)17(8-10-18-11-9-17)14-5-2-1-3-6-14/h1-7,12,18H,8-11,13H2. The number of benzene rings is 1. The fourth-order valence-corrected chi connectivity index (χ4v) is 3.51. The lowest BCUT2D eigenvalue weighted by Gasteiger charge is -2.35. The van der Waals surface area contributed by atoms with Crippen molar-refractivity contribution in [1.82, 2.24) is 5.32 Å². The second-order valence-corrected chi connectivity index (χ2v) is 6.39. The molecule has 0 radical (unpaired) electrons. The van der Waals surface area contributed by atoms with E-state index in [0.717, 1.165) is 36.4 Å². The van der Waals surface area contributed by atoms with Crippen LogP contribution >= 0.6 is 11.3 Å². The predicted molar refractivity (Wildman–Crippen MR) is 84.3 cm³/mol. The molecule has 1 N–H and O–H groups in total. The summed E-state index contributed by atoms with van der Waals surface area (Å²) >= 11 is 1.62. The van der Waals surface area contributed by atoms with Crippen LogP contribution in [0.2, 0.25) is 0 Å². The molecule has 4 heteroatoms. The maximum atomic E-state index is 12.8.